The molecule has 0 aliphatic carbocycles. The highest BCUT2D eigenvalue weighted by Crippen LogP contribution is 2.15. The SMILES string of the molecule is CCCCCC(=Cc1ccccc1)C(=O)OCCN(CC)CC. The van der Waals surface area contributed by atoms with Crippen molar-refractivity contribution in [3.05, 3.63) is 41.5 Å². The van der Waals surface area contributed by atoms with Crippen LogP contribution in [-0.2, 0) is 9.53 Å². The third-order valence-electron chi connectivity index (χ3n) is 3.99. The predicted octanol–water partition coefficient (Wildman–Crippen LogP) is 4.54. The van der Waals surface area contributed by atoms with E-state index in [2.05, 4.69) is 25.7 Å². The molecule has 0 unspecified atom stereocenters. The summed E-state index contributed by atoms with van der Waals surface area (Å²) in [5.74, 6) is -0.169. The van der Waals surface area contributed by atoms with Crippen LogP contribution in [-0.4, -0.2) is 37.1 Å². The number of carbonyl (C=O) groups is 1. The van der Waals surface area contributed by atoms with Crippen LogP contribution in [0.2, 0.25) is 0 Å². The molecule has 1 aromatic carbocycles. The van der Waals surface area contributed by atoms with Crippen molar-refractivity contribution in [1.29, 1.82) is 0 Å². The zero-order valence-corrected chi connectivity index (χ0v) is 14.9. The maximum absolute atomic E-state index is 12.4. The van der Waals surface area contributed by atoms with Gasteiger partial charge in [-0.05, 0) is 37.6 Å². The molecule has 0 radical (unpaired) electrons. The number of likely N-dealkylation sites (N-methyl/N-ethyl adjacent to an activating group) is 1. The molecule has 0 amide bonds. The Morgan fingerprint density at radius 2 is 1.78 bits per heavy atom. The molecule has 0 aromatic heterocycles. The van der Waals surface area contributed by atoms with Gasteiger partial charge < -0.3 is 9.64 Å². The highest BCUT2D eigenvalue weighted by atomic mass is 16.5. The van der Waals surface area contributed by atoms with Crippen LogP contribution in [0.5, 0.6) is 0 Å². The predicted molar refractivity (Wildman–Crippen MR) is 97.3 cm³/mol. The number of nitrogens with zero attached hydrogens (tertiary/aromatic N) is 1. The van der Waals surface area contributed by atoms with Gasteiger partial charge in [0.15, 0.2) is 0 Å². The van der Waals surface area contributed by atoms with E-state index >= 15 is 0 Å². The van der Waals surface area contributed by atoms with Crippen molar-refractivity contribution in [2.45, 2.75) is 46.5 Å². The molecule has 0 fully saturated rings. The van der Waals surface area contributed by atoms with E-state index in [4.69, 9.17) is 4.74 Å². The second-order valence-corrected chi connectivity index (χ2v) is 5.70. The van der Waals surface area contributed by atoms with Gasteiger partial charge in [0.2, 0.25) is 0 Å². The molecule has 23 heavy (non-hydrogen) atoms. The Labute approximate surface area is 141 Å². The second kappa shape index (κ2) is 11.9. The van der Waals surface area contributed by atoms with Gasteiger partial charge in [-0.1, -0.05) is 63.9 Å². The molecule has 0 saturated carbocycles. The van der Waals surface area contributed by atoms with Crippen molar-refractivity contribution in [3.63, 3.8) is 0 Å². The number of hydrogen-bond donors (Lipinski definition) is 0. The van der Waals surface area contributed by atoms with Gasteiger partial charge in [-0.2, -0.15) is 0 Å². The van der Waals surface area contributed by atoms with Crippen LogP contribution < -0.4 is 0 Å². The van der Waals surface area contributed by atoms with Crippen molar-refractivity contribution in [3.8, 4) is 0 Å². The van der Waals surface area contributed by atoms with Gasteiger partial charge in [0.1, 0.15) is 6.61 Å². The van der Waals surface area contributed by atoms with Crippen LogP contribution in [0.25, 0.3) is 6.08 Å². The maximum atomic E-state index is 12.4. The highest BCUT2D eigenvalue weighted by Gasteiger charge is 2.11. The average molecular weight is 317 g/mol. The van der Waals surface area contributed by atoms with Crippen LogP contribution in [0, 0.1) is 0 Å². The quantitative estimate of drug-likeness (QED) is 0.341. The lowest BCUT2D eigenvalue weighted by molar-refractivity contribution is -0.139. The molecule has 1 rings (SSSR count). The Bertz CT molecular complexity index is 464. The summed E-state index contributed by atoms with van der Waals surface area (Å²) >= 11 is 0. The summed E-state index contributed by atoms with van der Waals surface area (Å²) in [7, 11) is 0. The standard InChI is InChI=1S/C20H31NO2/c1-4-7-9-14-19(17-18-12-10-8-11-13-18)20(22)23-16-15-21(5-2)6-3/h8,10-13,17H,4-7,9,14-16H2,1-3H3. The van der Waals surface area contributed by atoms with Crippen LogP contribution in [0.3, 0.4) is 0 Å². The monoisotopic (exact) mass is 317 g/mol. The van der Waals surface area contributed by atoms with E-state index in [1.165, 1.54) is 0 Å². The number of carbonyl (C=O) groups excluding carboxylic acids is 1. The molecule has 1 aromatic rings. The van der Waals surface area contributed by atoms with Crippen molar-refractivity contribution >= 4 is 12.0 Å². The summed E-state index contributed by atoms with van der Waals surface area (Å²) < 4.78 is 5.49. The van der Waals surface area contributed by atoms with Gasteiger partial charge >= 0.3 is 5.97 Å². The molecule has 0 N–H and O–H groups in total. The summed E-state index contributed by atoms with van der Waals surface area (Å²) in [5.41, 5.74) is 1.84. The smallest absolute Gasteiger partial charge is 0.334 e. The maximum Gasteiger partial charge on any atom is 0.334 e. The van der Waals surface area contributed by atoms with Crippen molar-refractivity contribution in [2.75, 3.05) is 26.2 Å². The number of unbranched alkanes of at least 4 members (excludes halogenated alkanes) is 2. The molecule has 0 heterocycles. The van der Waals surface area contributed by atoms with E-state index in [0.29, 0.717) is 6.61 Å². The molecule has 0 aliphatic rings. The molecular formula is C20H31NO2. The molecule has 0 spiro atoms. The Morgan fingerprint density at radius 3 is 2.39 bits per heavy atom. The summed E-state index contributed by atoms with van der Waals surface area (Å²) in [5, 5.41) is 0. The summed E-state index contributed by atoms with van der Waals surface area (Å²) in [6.07, 6.45) is 6.07. The van der Waals surface area contributed by atoms with Gasteiger partial charge in [0.25, 0.3) is 0 Å². The lowest BCUT2D eigenvalue weighted by atomic mass is 10.0. The van der Waals surface area contributed by atoms with E-state index in [1.807, 2.05) is 36.4 Å². The van der Waals surface area contributed by atoms with E-state index in [1.54, 1.807) is 0 Å². The summed E-state index contributed by atoms with van der Waals surface area (Å²) in [4.78, 5) is 14.6. The first-order valence-corrected chi connectivity index (χ1v) is 8.86. The fourth-order valence-corrected chi connectivity index (χ4v) is 2.45. The van der Waals surface area contributed by atoms with Crippen molar-refractivity contribution < 1.29 is 9.53 Å². The van der Waals surface area contributed by atoms with E-state index in [0.717, 1.165) is 56.5 Å². The van der Waals surface area contributed by atoms with E-state index in [-0.39, 0.29) is 5.97 Å². The number of ether oxygens (including phenoxy) is 1. The Balaban J connectivity index is 2.63. The molecule has 128 valence electrons. The number of rotatable bonds is 11. The van der Waals surface area contributed by atoms with E-state index in [9.17, 15) is 4.79 Å². The van der Waals surface area contributed by atoms with Gasteiger partial charge in [-0.15, -0.1) is 0 Å². The Morgan fingerprint density at radius 1 is 1.09 bits per heavy atom. The molecule has 0 bridgehead atoms. The van der Waals surface area contributed by atoms with Gasteiger partial charge in [-0.25, -0.2) is 4.79 Å². The zero-order valence-electron chi connectivity index (χ0n) is 14.9. The fourth-order valence-electron chi connectivity index (χ4n) is 2.45. The first-order chi connectivity index (χ1) is 11.2. The molecule has 0 saturated heterocycles. The fraction of sp³-hybridized carbons (Fsp3) is 0.550. The van der Waals surface area contributed by atoms with Crippen LogP contribution in [0.1, 0.15) is 52.0 Å². The first-order valence-electron chi connectivity index (χ1n) is 8.86. The minimum atomic E-state index is -0.169. The summed E-state index contributed by atoms with van der Waals surface area (Å²) in [6, 6.07) is 9.99. The van der Waals surface area contributed by atoms with Crippen LogP contribution in [0.4, 0.5) is 0 Å². The van der Waals surface area contributed by atoms with Gasteiger partial charge in [0.05, 0.1) is 0 Å². The van der Waals surface area contributed by atoms with Gasteiger partial charge in [-0.3, -0.25) is 0 Å². The number of hydrogen-bond acceptors (Lipinski definition) is 3. The van der Waals surface area contributed by atoms with Crippen molar-refractivity contribution in [1.82, 2.24) is 4.90 Å². The first kappa shape index (κ1) is 19.4. The highest BCUT2D eigenvalue weighted by molar-refractivity contribution is 5.93. The number of esters is 1. The zero-order chi connectivity index (χ0) is 16.9. The lowest BCUT2D eigenvalue weighted by Gasteiger charge is -2.18. The second-order valence-electron chi connectivity index (χ2n) is 5.70. The number of benzene rings is 1. The Kier molecular flexibility index (Phi) is 10.0. The van der Waals surface area contributed by atoms with Crippen LogP contribution >= 0.6 is 0 Å². The van der Waals surface area contributed by atoms with Gasteiger partial charge in [0, 0.05) is 12.1 Å². The average Bonchev–Trinajstić information content (AvgIpc) is 2.59. The minimum Gasteiger partial charge on any atom is -0.461 e. The summed E-state index contributed by atoms with van der Waals surface area (Å²) in [6.45, 7) is 9.64. The largest absolute Gasteiger partial charge is 0.461 e. The molecule has 3 heteroatoms. The molecule has 0 aliphatic heterocycles. The topological polar surface area (TPSA) is 29.5 Å². The third-order valence-corrected chi connectivity index (χ3v) is 3.99. The lowest BCUT2D eigenvalue weighted by Crippen LogP contribution is -2.28. The third kappa shape index (κ3) is 7.98. The van der Waals surface area contributed by atoms with E-state index < -0.39 is 0 Å². The minimum absolute atomic E-state index is 0.169. The van der Waals surface area contributed by atoms with Crippen LogP contribution in [0.15, 0.2) is 35.9 Å². The molecule has 3 nitrogen and oxygen atoms in total. The van der Waals surface area contributed by atoms with Crippen molar-refractivity contribution in [2.24, 2.45) is 0 Å². The normalized spacial score (nSPS) is 11.7. The molecular weight excluding hydrogens is 286 g/mol. The molecule has 0 atom stereocenters. The Hall–Kier alpha value is -1.61.